The Bertz CT molecular complexity index is 1610. The van der Waals surface area contributed by atoms with Gasteiger partial charge in [-0.05, 0) is 25.0 Å². The molecule has 1 aliphatic carbocycles. The lowest BCUT2D eigenvalue weighted by molar-refractivity contribution is -0.151. The van der Waals surface area contributed by atoms with Crippen molar-refractivity contribution in [3.8, 4) is 34.1 Å². The molecule has 0 bridgehead atoms. The zero-order chi connectivity index (χ0) is 29.5. The lowest BCUT2D eigenvalue weighted by atomic mass is 10.0. The number of aromatic nitrogens is 6. The van der Waals surface area contributed by atoms with Crippen molar-refractivity contribution in [1.29, 1.82) is 0 Å². The van der Waals surface area contributed by atoms with Gasteiger partial charge in [0.1, 0.15) is 16.8 Å². The zero-order valence-electron chi connectivity index (χ0n) is 21.9. The van der Waals surface area contributed by atoms with E-state index in [4.69, 9.17) is 10.5 Å². The number of rotatable bonds is 7. The van der Waals surface area contributed by atoms with Gasteiger partial charge in [-0.1, -0.05) is 0 Å². The summed E-state index contributed by atoms with van der Waals surface area (Å²) in [6.45, 7) is -2.33. The summed E-state index contributed by atoms with van der Waals surface area (Å²) < 4.78 is 71.3. The van der Waals surface area contributed by atoms with Gasteiger partial charge in [0.15, 0.2) is 0 Å². The summed E-state index contributed by atoms with van der Waals surface area (Å²) in [6.07, 6.45) is 1.84. The summed E-state index contributed by atoms with van der Waals surface area (Å²) in [4.78, 5) is 28.7. The van der Waals surface area contributed by atoms with E-state index in [0.717, 1.165) is 0 Å². The number of halogens is 4. The molecule has 1 aliphatic heterocycles. The van der Waals surface area contributed by atoms with E-state index >= 15 is 0 Å². The standard InChI is InChI=1S/C19H16F4N6O2.C6H9NO3/c1-28-8-10(17(27-28)31-19(22)23)11-9-4-2-5-24-16(9)25-13(11)12-14(15(20)21)26-29-6-3-7-30-18(12)29;1-10-5(9)6(2-3-6)4(7)8/h2,4-5,8,15,19H,3,6-7H2,1H3,(H,24,25);2-3H2,1H3,(H2,7,8). The highest BCUT2D eigenvalue weighted by Gasteiger charge is 2.56. The Morgan fingerprint density at radius 3 is 2.56 bits per heavy atom. The molecule has 0 spiro atoms. The first kappa shape index (κ1) is 27.9. The van der Waals surface area contributed by atoms with Gasteiger partial charge in [0, 0.05) is 43.4 Å². The number of hydrogen-bond acceptors (Lipinski definition) is 8. The van der Waals surface area contributed by atoms with Gasteiger partial charge in [0.05, 0.1) is 30.5 Å². The predicted octanol–water partition coefficient (Wildman–Crippen LogP) is 3.57. The van der Waals surface area contributed by atoms with Gasteiger partial charge in [0.2, 0.25) is 17.7 Å². The molecule has 0 saturated heterocycles. The van der Waals surface area contributed by atoms with E-state index in [1.807, 2.05) is 0 Å². The maximum Gasteiger partial charge on any atom is 0.388 e. The Morgan fingerprint density at radius 2 is 1.95 bits per heavy atom. The summed E-state index contributed by atoms with van der Waals surface area (Å²) in [6, 6.07) is 3.36. The Morgan fingerprint density at radius 1 is 1.20 bits per heavy atom. The van der Waals surface area contributed by atoms with Gasteiger partial charge in [-0.3, -0.25) is 14.3 Å². The van der Waals surface area contributed by atoms with Crippen LogP contribution in [0.15, 0.2) is 24.5 Å². The van der Waals surface area contributed by atoms with E-state index in [2.05, 4.69) is 29.6 Å². The molecule has 1 fully saturated rings. The minimum absolute atomic E-state index is 0.0644. The molecule has 16 heteroatoms. The van der Waals surface area contributed by atoms with E-state index in [1.54, 1.807) is 19.2 Å². The monoisotopic (exact) mass is 579 g/mol. The van der Waals surface area contributed by atoms with Crippen molar-refractivity contribution in [2.75, 3.05) is 13.7 Å². The fourth-order valence-corrected chi connectivity index (χ4v) is 4.71. The molecule has 0 radical (unpaired) electrons. The first-order valence-corrected chi connectivity index (χ1v) is 12.4. The lowest BCUT2D eigenvalue weighted by Gasteiger charge is -2.16. The fourth-order valence-electron chi connectivity index (χ4n) is 4.71. The number of nitrogens with two attached hydrogens (primary N) is 1. The molecule has 4 aromatic rings. The van der Waals surface area contributed by atoms with Crippen LogP contribution in [-0.2, 0) is 27.9 Å². The second-order valence-electron chi connectivity index (χ2n) is 9.40. The summed E-state index contributed by atoms with van der Waals surface area (Å²) in [5.74, 6) is -1.21. The summed E-state index contributed by atoms with van der Waals surface area (Å²) >= 11 is 0. The van der Waals surface area contributed by atoms with E-state index < -0.39 is 36.0 Å². The summed E-state index contributed by atoms with van der Waals surface area (Å²) in [5, 5.41) is 8.53. The minimum Gasteiger partial charge on any atom is -0.477 e. The SMILES string of the molecule is COC(=O)C1(C(N)=O)CC1.Cn1cc(-c2c(-c3c(C(F)F)nn4c3OCCC4)[nH]c3ncccc23)c(OC(F)F)n1. The van der Waals surface area contributed by atoms with Gasteiger partial charge in [-0.25, -0.2) is 18.4 Å². The Labute approximate surface area is 229 Å². The van der Waals surface area contributed by atoms with Gasteiger partial charge in [0.25, 0.3) is 6.43 Å². The topological polar surface area (TPSA) is 152 Å². The van der Waals surface area contributed by atoms with Crippen LogP contribution in [0.4, 0.5) is 17.6 Å². The molecule has 6 rings (SSSR count). The van der Waals surface area contributed by atoms with Crippen molar-refractivity contribution in [1.82, 2.24) is 29.5 Å². The number of pyridine rings is 1. The van der Waals surface area contributed by atoms with Crippen LogP contribution in [0.25, 0.3) is 33.4 Å². The molecule has 41 heavy (non-hydrogen) atoms. The number of primary amides is 1. The van der Waals surface area contributed by atoms with Crippen molar-refractivity contribution in [2.24, 2.45) is 18.2 Å². The third-order valence-electron chi connectivity index (χ3n) is 6.78. The molecule has 218 valence electrons. The molecule has 12 nitrogen and oxygen atoms in total. The normalized spacial score (nSPS) is 15.2. The van der Waals surface area contributed by atoms with Crippen molar-refractivity contribution in [3.63, 3.8) is 0 Å². The van der Waals surface area contributed by atoms with Gasteiger partial charge in [-0.2, -0.15) is 13.9 Å². The maximum atomic E-state index is 13.9. The van der Waals surface area contributed by atoms with E-state index in [-0.39, 0.29) is 28.6 Å². The van der Waals surface area contributed by atoms with Crippen LogP contribution in [0.1, 0.15) is 31.4 Å². The second kappa shape index (κ2) is 10.7. The molecule has 5 heterocycles. The Balaban J connectivity index is 0.000000287. The molecule has 3 N–H and O–H groups in total. The maximum absolute atomic E-state index is 13.9. The minimum atomic E-state index is -3.11. The molecule has 1 saturated carbocycles. The summed E-state index contributed by atoms with van der Waals surface area (Å²) in [7, 11) is 2.80. The zero-order valence-corrected chi connectivity index (χ0v) is 21.9. The number of carbonyl (C=O) groups is 2. The lowest BCUT2D eigenvalue weighted by Crippen LogP contribution is -2.32. The van der Waals surface area contributed by atoms with Crippen LogP contribution < -0.4 is 15.2 Å². The molecule has 0 atom stereocenters. The number of H-pyrrole nitrogens is 1. The number of aromatic amines is 1. The van der Waals surface area contributed by atoms with Crippen LogP contribution >= 0.6 is 0 Å². The Hall–Kier alpha value is -4.63. The number of hydrogen-bond donors (Lipinski definition) is 2. The van der Waals surface area contributed by atoms with Crippen LogP contribution in [0.5, 0.6) is 11.8 Å². The molecule has 4 aromatic heterocycles. The van der Waals surface area contributed by atoms with Crippen molar-refractivity contribution in [3.05, 3.63) is 30.2 Å². The fraction of sp³-hybridized carbons (Fsp3) is 0.400. The number of carbonyl (C=O) groups excluding carboxylic acids is 2. The molecular weight excluding hydrogens is 554 g/mol. The average molecular weight is 580 g/mol. The van der Waals surface area contributed by atoms with Gasteiger partial charge in [-0.15, -0.1) is 5.10 Å². The number of amides is 1. The number of aryl methyl sites for hydroxylation is 2. The first-order valence-electron chi connectivity index (χ1n) is 12.4. The third kappa shape index (κ3) is 5.04. The summed E-state index contributed by atoms with van der Waals surface area (Å²) in [5.41, 5.74) is 4.76. The highest BCUT2D eigenvalue weighted by atomic mass is 19.3. The van der Waals surface area contributed by atoms with E-state index in [9.17, 15) is 27.2 Å². The highest BCUT2D eigenvalue weighted by molar-refractivity contribution is 6.05. The van der Waals surface area contributed by atoms with Crippen molar-refractivity contribution in [2.45, 2.75) is 38.8 Å². The first-order chi connectivity index (χ1) is 19.6. The molecule has 0 unspecified atom stereocenters. The molecule has 0 aromatic carbocycles. The number of nitrogens with zero attached hydrogens (tertiary/aromatic N) is 5. The van der Waals surface area contributed by atoms with Gasteiger partial charge >= 0.3 is 12.6 Å². The quantitative estimate of drug-likeness (QED) is 0.192. The van der Waals surface area contributed by atoms with Crippen molar-refractivity contribution < 1.29 is 41.4 Å². The van der Waals surface area contributed by atoms with Crippen molar-refractivity contribution >= 4 is 22.9 Å². The van der Waals surface area contributed by atoms with Crippen LogP contribution in [-0.4, -0.2) is 61.7 Å². The number of ether oxygens (including phenoxy) is 3. The molecular formula is C25H25F4N7O5. The van der Waals surface area contributed by atoms with Crippen LogP contribution in [0.3, 0.4) is 0 Å². The number of nitrogens with one attached hydrogen (secondary N) is 1. The van der Waals surface area contributed by atoms with Crippen LogP contribution in [0, 0.1) is 5.41 Å². The predicted molar refractivity (Wildman–Crippen MR) is 134 cm³/mol. The average Bonchev–Trinajstić information content (AvgIpc) is 3.38. The highest BCUT2D eigenvalue weighted by Crippen LogP contribution is 2.48. The smallest absolute Gasteiger partial charge is 0.388 e. The number of fused-ring (bicyclic) bond motifs is 2. The number of alkyl halides is 4. The van der Waals surface area contributed by atoms with E-state index in [1.165, 1.54) is 28.9 Å². The van der Waals surface area contributed by atoms with Gasteiger partial charge < -0.3 is 24.9 Å². The number of methoxy groups -OCH3 is 1. The largest absolute Gasteiger partial charge is 0.477 e. The Kier molecular flexibility index (Phi) is 7.31. The molecule has 2 aliphatic rings. The molecule has 1 amide bonds. The number of esters is 1. The second-order valence-corrected chi connectivity index (χ2v) is 9.40. The van der Waals surface area contributed by atoms with E-state index in [0.29, 0.717) is 49.0 Å². The third-order valence-corrected chi connectivity index (χ3v) is 6.78. The van der Waals surface area contributed by atoms with Crippen LogP contribution in [0.2, 0.25) is 0 Å².